The fourth-order valence-corrected chi connectivity index (χ4v) is 3.76. The molecule has 4 atom stereocenters. The van der Waals surface area contributed by atoms with Crippen molar-refractivity contribution >= 4 is 0 Å². The van der Waals surface area contributed by atoms with Gasteiger partial charge in [0.05, 0.1) is 6.04 Å². The normalized spacial score (nSPS) is 38.6. The molecule has 2 bridgehead atoms. The molecule has 2 saturated carbocycles. The molecule has 0 amide bonds. The summed E-state index contributed by atoms with van der Waals surface area (Å²) in [6.07, 6.45) is 13.2. The third kappa shape index (κ3) is 1.99. The largest absolute Gasteiger partial charge is 0.329 e. The lowest BCUT2D eigenvalue weighted by molar-refractivity contribution is 0.202. The Labute approximate surface area is 99.4 Å². The number of hydrogen-bond donors (Lipinski definition) is 2. The van der Waals surface area contributed by atoms with Crippen LogP contribution in [0.25, 0.3) is 0 Å². The van der Waals surface area contributed by atoms with E-state index in [1.165, 1.54) is 25.7 Å². The number of fused-ring (bicyclic) bond motifs is 2. The van der Waals surface area contributed by atoms with Crippen LogP contribution < -0.4 is 11.1 Å². The molecule has 2 fully saturated rings. The minimum atomic E-state index is 0.162. The first-order valence-electron chi connectivity index (χ1n) is 6.68. The molecule has 2 aliphatic carbocycles. The molecular weight excluding hydrogens is 196 g/mol. The summed E-state index contributed by atoms with van der Waals surface area (Å²) >= 11 is 0. The summed E-state index contributed by atoms with van der Waals surface area (Å²) in [5.41, 5.74) is 6.19. The molecule has 16 heavy (non-hydrogen) atoms. The van der Waals surface area contributed by atoms with Gasteiger partial charge in [-0.25, -0.2) is 0 Å². The summed E-state index contributed by atoms with van der Waals surface area (Å²) in [6, 6.07) is 0.216. The first-order chi connectivity index (χ1) is 7.74. The van der Waals surface area contributed by atoms with Crippen molar-refractivity contribution in [2.75, 3.05) is 6.54 Å². The van der Waals surface area contributed by atoms with E-state index in [-0.39, 0.29) is 11.6 Å². The minimum absolute atomic E-state index is 0.162. The molecule has 0 aromatic rings. The van der Waals surface area contributed by atoms with Crippen LogP contribution in [-0.4, -0.2) is 18.1 Å². The van der Waals surface area contributed by atoms with Gasteiger partial charge in [-0.1, -0.05) is 25.7 Å². The van der Waals surface area contributed by atoms with Crippen LogP contribution in [0.5, 0.6) is 0 Å². The smallest absolute Gasteiger partial charge is 0.0691 e. The average molecular weight is 220 g/mol. The van der Waals surface area contributed by atoms with Crippen molar-refractivity contribution in [3.05, 3.63) is 0 Å². The van der Waals surface area contributed by atoms with Crippen LogP contribution in [0.15, 0.2) is 0 Å². The van der Waals surface area contributed by atoms with Crippen LogP contribution >= 0.6 is 0 Å². The van der Waals surface area contributed by atoms with Gasteiger partial charge < -0.3 is 5.73 Å². The molecule has 0 radical (unpaired) electrons. The van der Waals surface area contributed by atoms with Crippen LogP contribution in [-0.2, 0) is 0 Å². The van der Waals surface area contributed by atoms with Crippen LogP contribution in [0, 0.1) is 24.2 Å². The highest BCUT2D eigenvalue weighted by atomic mass is 15.1. The molecule has 4 unspecified atom stereocenters. The second-order valence-electron chi connectivity index (χ2n) is 5.59. The van der Waals surface area contributed by atoms with Crippen LogP contribution in [0.3, 0.4) is 0 Å². The molecule has 0 aromatic carbocycles. The lowest BCUT2D eigenvalue weighted by Gasteiger charge is -2.39. The van der Waals surface area contributed by atoms with E-state index in [1.807, 2.05) is 0 Å². The third-order valence-electron chi connectivity index (χ3n) is 4.58. The van der Waals surface area contributed by atoms with E-state index in [0.717, 1.165) is 31.2 Å². The Hall–Kier alpha value is -0.520. The monoisotopic (exact) mass is 220 g/mol. The SMILES string of the molecule is C#CC(CCC)NC1(CN)CC2CCC1C2. The van der Waals surface area contributed by atoms with Gasteiger partial charge >= 0.3 is 0 Å². The summed E-state index contributed by atoms with van der Waals surface area (Å²) < 4.78 is 0. The number of hydrogen-bond acceptors (Lipinski definition) is 2. The molecule has 2 aliphatic rings. The fraction of sp³-hybridized carbons (Fsp3) is 0.857. The van der Waals surface area contributed by atoms with Gasteiger partial charge in [-0.2, -0.15) is 0 Å². The van der Waals surface area contributed by atoms with Crippen molar-refractivity contribution in [3.63, 3.8) is 0 Å². The summed E-state index contributed by atoms with van der Waals surface area (Å²) in [5, 5.41) is 3.70. The quantitative estimate of drug-likeness (QED) is 0.694. The number of rotatable bonds is 5. The lowest BCUT2D eigenvalue weighted by Crippen LogP contribution is -2.58. The molecule has 2 rings (SSSR count). The lowest BCUT2D eigenvalue weighted by atomic mass is 9.80. The number of terminal acetylenes is 1. The second kappa shape index (κ2) is 4.77. The Kier molecular flexibility index (Phi) is 3.56. The van der Waals surface area contributed by atoms with E-state index >= 15 is 0 Å². The third-order valence-corrected chi connectivity index (χ3v) is 4.58. The maximum Gasteiger partial charge on any atom is 0.0691 e. The number of nitrogens with two attached hydrogens (primary N) is 1. The molecule has 90 valence electrons. The van der Waals surface area contributed by atoms with Gasteiger partial charge in [-0.15, -0.1) is 6.42 Å². The summed E-state index contributed by atoms with van der Waals surface area (Å²) in [6.45, 7) is 2.93. The van der Waals surface area contributed by atoms with Crippen molar-refractivity contribution < 1.29 is 0 Å². The molecular formula is C14H24N2. The highest BCUT2D eigenvalue weighted by Crippen LogP contribution is 2.50. The van der Waals surface area contributed by atoms with Crippen LogP contribution in [0.1, 0.15) is 45.4 Å². The van der Waals surface area contributed by atoms with E-state index in [0.29, 0.717) is 0 Å². The predicted octanol–water partition coefficient (Wildman–Crippen LogP) is 1.90. The predicted molar refractivity (Wildman–Crippen MR) is 67.9 cm³/mol. The molecule has 0 aliphatic heterocycles. The van der Waals surface area contributed by atoms with Gasteiger partial charge in [-0.3, -0.25) is 5.32 Å². The zero-order chi connectivity index (χ0) is 11.6. The molecule has 0 heterocycles. The Bertz CT molecular complexity index is 281. The maximum absolute atomic E-state index is 6.02. The van der Waals surface area contributed by atoms with E-state index in [1.54, 1.807) is 0 Å². The highest BCUT2D eigenvalue weighted by molar-refractivity contribution is 5.11. The van der Waals surface area contributed by atoms with E-state index in [9.17, 15) is 0 Å². The molecule has 3 N–H and O–H groups in total. The summed E-state index contributed by atoms with van der Waals surface area (Å²) in [7, 11) is 0. The second-order valence-corrected chi connectivity index (χ2v) is 5.59. The topological polar surface area (TPSA) is 38.0 Å². The van der Waals surface area contributed by atoms with E-state index in [2.05, 4.69) is 18.2 Å². The Morgan fingerprint density at radius 2 is 2.38 bits per heavy atom. The zero-order valence-corrected chi connectivity index (χ0v) is 10.3. The van der Waals surface area contributed by atoms with Gasteiger partial charge in [0, 0.05) is 12.1 Å². The molecule has 2 heteroatoms. The van der Waals surface area contributed by atoms with Crippen molar-refractivity contribution in [2.45, 2.75) is 57.0 Å². The summed E-state index contributed by atoms with van der Waals surface area (Å²) in [4.78, 5) is 0. The van der Waals surface area contributed by atoms with Gasteiger partial charge in [0.1, 0.15) is 0 Å². The first kappa shape index (κ1) is 12.0. The van der Waals surface area contributed by atoms with Crippen molar-refractivity contribution in [2.24, 2.45) is 17.6 Å². The van der Waals surface area contributed by atoms with Gasteiger partial charge in [0.25, 0.3) is 0 Å². The van der Waals surface area contributed by atoms with Gasteiger partial charge in [-0.05, 0) is 37.5 Å². The van der Waals surface area contributed by atoms with Crippen molar-refractivity contribution in [1.29, 1.82) is 0 Å². The standard InChI is InChI=1S/C14H24N2/c1-3-5-13(4-2)16-14(10-15)9-11-6-7-12(14)8-11/h2,11-13,16H,3,5-10,15H2,1H3. The zero-order valence-electron chi connectivity index (χ0n) is 10.3. The van der Waals surface area contributed by atoms with Crippen LogP contribution in [0.2, 0.25) is 0 Å². The van der Waals surface area contributed by atoms with Crippen molar-refractivity contribution in [1.82, 2.24) is 5.32 Å². The van der Waals surface area contributed by atoms with Gasteiger partial charge in [0.15, 0.2) is 0 Å². The minimum Gasteiger partial charge on any atom is -0.329 e. The number of nitrogens with one attached hydrogen (secondary N) is 1. The molecule has 0 saturated heterocycles. The first-order valence-corrected chi connectivity index (χ1v) is 6.68. The molecule has 0 aromatic heterocycles. The fourth-order valence-electron chi connectivity index (χ4n) is 3.76. The Morgan fingerprint density at radius 1 is 1.56 bits per heavy atom. The van der Waals surface area contributed by atoms with E-state index in [4.69, 9.17) is 12.2 Å². The van der Waals surface area contributed by atoms with E-state index < -0.39 is 0 Å². The maximum atomic E-state index is 6.02. The Morgan fingerprint density at radius 3 is 2.81 bits per heavy atom. The summed E-state index contributed by atoms with van der Waals surface area (Å²) in [5.74, 6) is 4.56. The van der Waals surface area contributed by atoms with Crippen LogP contribution in [0.4, 0.5) is 0 Å². The highest BCUT2D eigenvalue weighted by Gasteiger charge is 2.50. The van der Waals surface area contributed by atoms with Gasteiger partial charge in [0.2, 0.25) is 0 Å². The molecule has 2 nitrogen and oxygen atoms in total. The van der Waals surface area contributed by atoms with Crippen molar-refractivity contribution in [3.8, 4) is 12.3 Å². The average Bonchev–Trinajstić information content (AvgIpc) is 2.89. The molecule has 0 spiro atoms. The Balaban J connectivity index is 2.03.